The lowest BCUT2D eigenvalue weighted by atomic mass is 10.0. The summed E-state index contributed by atoms with van der Waals surface area (Å²) in [4.78, 5) is 17.3. The molecule has 0 radical (unpaired) electrons. The Bertz CT molecular complexity index is 1260. The monoisotopic (exact) mass is 458 g/mol. The van der Waals surface area contributed by atoms with Crippen molar-refractivity contribution < 1.29 is 17.6 Å². The maximum atomic E-state index is 14.1. The molecule has 0 fully saturated rings. The third-order valence-corrected chi connectivity index (χ3v) is 7.36. The fraction of sp³-hybridized carbons (Fsp3) is 0.217. The number of rotatable bonds is 5. The predicted molar refractivity (Wildman–Crippen MR) is 118 cm³/mol. The lowest BCUT2D eigenvalue weighted by Gasteiger charge is -2.30. The lowest BCUT2D eigenvalue weighted by molar-refractivity contribution is 0.0989. The molecule has 1 aromatic heterocycles. The van der Waals surface area contributed by atoms with Crippen molar-refractivity contribution >= 4 is 33.1 Å². The molecule has 31 heavy (non-hydrogen) atoms. The van der Waals surface area contributed by atoms with Gasteiger partial charge >= 0.3 is 0 Å². The zero-order valence-corrected chi connectivity index (χ0v) is 18.4. The molecule has 2 aromatic carbocycles. The molecule has 0 atom stereocenters. The van der Waals surface area contributed by atoms with Gasteiger partial charge < -0.3 is 0 Å². The third kappa shape index (κ3) is 4.20. The van der Waals surface area contributed by atoms with Crippen LogP contribution in [0.1, 0.15) is 33.6 Å². The smallest absolute Gasteiger partial charge is 0.264 e. The Morgan fingerprint density at radius 2 is 1.97 bits per heavy atom. The molecule has 0 saturated heterocycles. The summed E-state index contributed by atoms with van der Waals surface area (Å²) in [6.07, 6.45) is 2.68. The number of nitrogens with zero attached hydrogens (tertiary/aromatic N) is 2. The Hall–Kier alpha value is -2.77. The van der Waals surface area contributed by atoms with Crippen LogP contribution in [-0.2, 0) is 22.9 Å². The molecule has 0 amide bonds. The number of hydrogen-bond donors (Lipinski definition) is 0. The minimum atomic E-state index is -3.78. The second-order valence-electron chi connectivity index (χ2n) is 7.50. The highest BCUT2D eigenvalue weighted by atomic mass is 35.5. The maximum absolute atomic E-state index is 14.1. The number of pyridine rings is 1. The van der Waals surface area contributed by atoms with Crippen LogP contribution in [0.4, 0.5) is 10.1 Å². The Morgan fingerprint density at radius 3 is 2.71 bits per heavy atom. The summed E-state index contributed by atoms with van der Waals surface area (Å²) in [6.45, 7) is 2.16. The van der Waals surface area contributed by atoms with Crippen LogP contribution in [0.3, 0.4) is 0 Å². The normalized spacial score (nSPS) is 13.7. The molecule has 1 aliphatic heterocycles. The number of benzene rings is 2. The molecule has 1 aliphatic rings. The van der Waals surface area contributed by atoms with Gasteiger partial charge in [0.15, 0.2) is 5.78 Å². The van der Waals surface area contributed by atoms with Crippen molar-refractivity contribution in [2.75, 3.05) is 10.8 Å². The van der Waals surface area contributed by atoms with Gasteiger partial charge in [-0.1, -0.05) is 29.8 Å². The molecule has 5 nitrogen and oxygen atoms in total. The first-order chi connectivity index (χ1) is 14.8. The standard InChI is InChI=1S/C23H20ClFN2O3S/c1-15-5-2-6-17(11-15)31(29,30)27-10-4-9-20-21(27)12-16(14-26-20)13-22(28)23-18(24)7-3-8-19(23)25/h2-3,5-8,11-12,14H,4,9-10,13H2,1H3. The number of hydrogen-bond acceptors (Lipinski definition) is 4. The van der Waals surface area contributed by atoms with Crippen molar-refractivity contribution in [3.8, 4) is 0 Å². The number of Topliss-reactive ketones (excluding diaryl/α,β-unsaturated/α-hetero) is 1. The third-order valence-electron chi connectivity index (χ3n) is 5.23. The van der Waals surface area contributed by atoms with Gasteiger partial charge in [-0.3, -0.25) is 14.1 Å². The van der Waals surface area contributed by atoms with Crippen molar-refractivity contribution in [3.05, 3.63) is 88.0 Å². The quantitative estimate of drug-likeness (QED) is 0.517. The van der Waals surface area contributed by atoms with Gasteiger partial charge in [-0.15, -0.1) is 0 Å². The number of sulfonamides is 1. The van der Waals surface area contributed by atoms with Gasteiger partial charge in [-0.2, -0.15) is 0 Å². The molecular formula is C23H20ClFN2O3S. The first kappa shape index (κ1) is 21.5. The fourth-order valence-electron chi connectivity index (χ4n) is 3.73. The van der Waals surface area contributed by atoms with E-state index in [1.54, 1.807) is 24.3 Å². The number of aromatic nitrogens is 1. The number of carbonyl (C=O) groups excluding carboxylic acids is 1. The van der Waals surface area contributed by atoms with Crippen LogP contribution < -0.4 is 4.31 Å². The van der Waals surface area contributed by atoms with Gasteiger partial charge in [0.1, 0.15) is 5.82 Å². The first-order valence-electron chi connectivity index (χ1n) is 9.82. The SMILES string of the molecule is Cc1cccc(S(=O)(=O)N2CCCc3ncc(CC(=O)c4c(F)cccc4Cl)cc32)c1. The number of anilines is 1. The van der Waals surface area contributed by atoms with E-state index in [9.17, 15) is 17.6 Å². The average molecular weight is 459 g/mol. The summed E-state index contributed by atoms with van der Waals surface area (Å²) < 4.78 is 42.1. The van der Waals surface area contributed by atoms with Crippen molar-refractivity contribution in [1.29, 1.82) is 0 Å². The van der Waals surface area contributed by atoms with E-state index >= 15 is 0 Å². The summed E-state index contributed by atoms with van der Waals surface area (Å²) in [5, 5.41) is 0.0413. The minimum absolute atomic E-state index is 0.0413. The van der Waals surface area contributed by atoms with E-state index in [4.69, 9.17) is 11.6 Å². The van der Waals surface area contributed by atoms with Crippen LogP contribution >= 0.6 is 11.6 Å². The van der Waals surface area contributed by atoms with Gasteiger partial charge in [0.25, 0.3) is 10.0 Å². The van der Waals surface area contributed by atoms with Crippen LogP contribution in [0.25, 0.3) is 0 Å². The van der Waals surface area contributed by atoms with Crippen molar-refractivity contribution in [1.82, 2.24) is 4.98 Å². The van der Waals surface area contributed by atoms with Gasteiger partial charge in [-0.05, 0) is 61.2 Å². The number of aryl methyl sites for hydroxylation is 2. The molecule has 2 heterocycles. The summed E-state index contributed by atoms with van der Waals surface area (Å²) in [5.41, 5.74) is 2.28. The molecular weight excluding hydrogens is 439 g/mol. The van der Waals surface area contributed by atoms with Gasteiger partial charge in [-0.25, -0.2) is 12.8 Å². The zero-order valence-electron chi connectivity index (χ0n) is 16.8. The van der Waals surface area contributed by atoms with Gasteiger partial charge in [0, 0.05) is 19.2 Å². The molecule has 4 rings (SSSR count). The first-order valence-corrected chi connectivity index (χ1v) is 11.6. The van der Waals surface area contributed by atoms with Crippen LogP contribution in [0.2, 0.25) is 5.02 Å². The second-order valence-corrected chi connectivity index (χ2v) is 9.77. The molecule has 0 bridgehead atoms. The largest absolute Gasteiger partial charge is 0.294 e. The molecule has 3 aromatic rings. The summed E-state index contributed by atoms with van der Waals surface area (Å²) in [6, 6.07) is 12.5. The van der Waals surface area contributed by atoms with Crippen LogP contribution in [0.15, 0.2) is 59.6 Å². The lowest BCUT2D eigenvalue weighted by Crippen LogP contribution is -2.36. The van der Waals surface area contributed by atoms with E-state index in [-0.39, 0.29) is 21.9 Å². The topological polar surface area (TPSA) is 67.3 Å². The Morgan fingerprint density at radius 1 is 1.19 bits per heavy atom. The van der Waals surface area contributed by atoms with E-state index in [0.717, 1.165) is 5.56 Å². The average Bonchev–Trinajstić information content (AvgIpc) is 2.73. The van der Waals surface area contributed by atoms with E-state index in [1.807, 2.05) is 13.0 Å². The Kier molecular flexibility index (Phi) is 5.81. The van der Waals surface area contributed by atoms with Crippen molar-refractivity contribution in [2.45, 2.75) is 31.1 Å². The molecule has 0 aliphatic carbocycles. The molecule has 0 saturated carbocycles. The maximum Gasteiger partial charge on any atom is 0.264 e. The number of fused-ring (bicyclic) bond motifs is 1. The Balaban J connectivity index is 1.69. The predicted octanol–water partition coefficient (Wildman–Crippen LogP) is 4.75. The number of ketones is 1. The van der Waals surface area contributed by atoms with Crippen molar-refractivity contribution in [3.63, 3.8) is 0 Å². The second kappa shape index (κ2) is 8.40. The summed E-state index contributed by atoms with van der Waals surface area (Å²) in [7, 11) is -3.78. The molecule has 160 valence electrons. The fourth-order valence-corrected chi connectivity index (χ4v) is 5.62. The molecule has 0 unspecified atom stereocenters. The zero-order chi connectivity index (χ0) is 22.2. The molecule has 0 spiro atoms. The van der Waals surface area contributed by atoms with Crippen LogP contribution in [0.5, 0.6) is 0 Å². The van der Waals surface area contributed by atoms with Crippen LogP contribution in [0, 0.1) is 12.7 Å². The summed E-state index contributed by atoms with van der Waals surface area (Å²) in [5.74, 6) is -1.18. The van der Waals surface area contributed by atoms with Crippen molar-refractivity contribution in [2.24, 2.45) is 0 Å². The van der Waals surface area contributed by atoms with E-state index in [0.29, 0.717) is 36.3 Å². The molecule has 0 N–H and O–H groups in total. The highest BCUT2D eigenvalue weighted by Crippen LogP contribution is 2.32. The highest BCUT2D eigenvalue weighted by Gasteiger charge is 2.30. The highest BCUT2D eigenvalue weighted by molar-refractivity contribution is 7.92. The van der Waals surface area contributed by atoms with Crippen LogP contribution in [-0.4, -0.2) is 25.7 Å². The number of carbonyl (C=O) groups is 1. The Labute approximate surface area is 185 Å². The molecule has 8 heteroatoms. The minimum Gasteiger partial charge on any atom is -0.294 e. The number of halogens is 2. The van der Waals surface area contributed by atoms with E-state index in [2.05, 4.69) is 4.98 Å². The van der Waals surface area contributed by atoms with Gasteiger partial charge in [0.05, 0.1) is 26.9 Å². The van der Waals surface area contributed by atoms with E-state index in [1.165, 1.54) is 28.7 Å². The van der Waals surface area contributed by atoms with E-state index < -0.39 is 21.6 Å². The summed E-state index contributed by atoms with van der Waals surface area (Å²) >= 11 is 6.01. The van der Waals surface area contributed by atoms with Gasteiger partial charge in [0.2, 0.25) is 0 Å².